The molecule has 2 bridgehead atoms. The Hall–Kier alpha value is -0.850. The average molecular weight is 188 g/mol. The first-order valence-corrected chi connectivity index (χ1v) is 5.62. The lowest BCUT2D eigenvalue weighted by molar-refractivity contribution is -0.119. The largest absolute Gasteiger partial charge is 0.295 e. The lowest BCUT2D eigenvalue weighted by Gasteiger charge is -2.43. The maximum atomic E-state index is 11.9. The van der Waals surface area contributed by atoms with Crippen molar-refractivity contribution in [1.29, 1.82) is 0 Å². The molecule has 1 fully saturated rings. The number of fused-ring (bicyclic) bond motifs is 1. The summed E-state index contributed by atoms with van der Waals surface area (Å²) >= 11 is 0. The zero-order valence-corrected chi connectivity index (χ0v) is 8.68. The van der Waals surface area contributed by atoms with Gasteiger partial charge in [-0.2, -0.15) is 0 Å². The molecule has 1 spiro atoms. The van der Waals surface area contributed by atoms with Gasteiger partial charge in [-0.05, 0) is 44.1 Å². The first-order chi connectivity index (χ1) is 6.71. The van der Waals surface area contributed by atoms with Crippen LogP contribution in [0.25, 0.3) is 0 Å². The van der Waals surface area contributed by atoms with Gasteiger partial charge in [-0.25, -0.2) is 0 Å². The summed E-state index contributed by atoms with van der Waals surface area (Å²) in [6, 6.07) is 0. The molecule has 0 aromatic heterocycles. The number of carbonyl (C=O) groups excluding carboxylic acids is 1. The lowest BCUT2D eigenvalue weighted by Crippen LogP contribution is -2.36. The van der Waals surface area contributed by atoms with Gasteiger partial charge in [-0.1, -0.05) is 17.7 Å². The van der Waals surface area contributed by atoms with Crippen LogP contribution < -0.4 is 0 Å². The molecule has 0 saturated heterocycles. The van der Waals surface area contributed by atoms with Crippen molar-refractivity contribution in [2.75, 3.05) is 0 Å². The van der Waals surface area contributed by atoms with Crippen molar-refractivity contribution in [2.24, 2.45) is 11.3 Å². The predicted octanol–water partition coefficient (Wildman–Crippen LogP) is 3.02. The van der Waals surface area contributed by atoms with Gasteiger partial charge in [0.1, 0.15) is 0 Å². The van der Waals surface area contributed by atoms with E-state index in [9.17, 15) is 4.79 Å². The molecule has 74 valence electrons. The predicted molar refractivity (Wildman–Crippen MR) is 55.9 cm³/mol. The molecule has 0 aromatic carbocycles. The summed E-state index contributed by atoms with van der Waals surface area (Å²) < 4.78 is 0. The molecule has 1 saturated carbocycles. The second-order valence-corrected chi connectivity index (χ2v) is 5.12. The van der Waals surface area contributed by atoms with Gasteiger partial charge < -0.3 is 0 Å². The van der Waals surface area contributed by atoms with E-state index in [0.29, 0.717) is 11.7 Å². The number of carbonyl (C=O) groups is 1. The number of hydrogen-bond acceptors (Lipinski definition) is 1. The maximum absolute atomic E-state index is 11.9. The highest BCUT2D eigenvalue weighted by Gasteiger charge is 2.47. The van der Waals surface area contributed by atoms with E-state index in [1.165, 1.54) is 24.0 Å². The summed E-state index contributed by atoms with van der Waals surface area (Å²) in [7, 11) is 0. The van der Waals surface area contributed by atoms with Crippen molar-refractivity contribution in [2.45, 2.75) is 39.0 Å². The van der Waals surface area contributed by atoms with Crippen molar-refractivity contribution in [1.82, 2.24) is 0 Å². The third kappa shape index (κ3) is 0.930. The molecule has 0 amide bonds. The molecular weight excluding hydrogens is 172 g/mol. The van der Waals surface area contributed by atoms with E-state index in [0.717, 1.165) is 19.3 Å². The van der Waals surface area contributed by atoms with Gasteiger partial charge in [-0.15, -0.1) is 0 Å². The Balaban J connectivity index is 2.09. The Morgan fingerprint density at radius 1 is 1.43 bits per heavy atom. The van der Waals surface area contributed by atoms with Crippen molar-refractivity contribution < 1.29 is 4.79 Å². The molecule has 1 nitrogen and oxygen atoms in total. The van der Waals surface area contributed by atoms with Gasteiger partial charge in [0.15, 0.2) is 5.78 Å². The fraction of sp³-hybridized carbons (Fsp3) is 0.615. The van der Waals surface area contributed by atoms with E-state index in [2.05, 4.69) is 19.1 Å². The van der Waals surface area contributed by atoms with Crippen LogP contribution in [0.3, 0.4) is 0 Å². The zero-order chi connectivity index (χ0) is 9.76. The first-order valence-electron chi connectivity index (χ1n) is 5.62. The van der Waals surface area contributed by atoms with Crippen molar-refractivity contribution in [3.63, 3.8) is 0 Å². The summed E-state index contributed by atoms with van der Waals surface area (Å²) in [6.45, 7) is 2.19. The molecule has 2 unspecified atom stereocenters. The molecule has 0 aliphatic heterocycles. The SMILES string of the molecule is CC1=CCC23CCC=C2C(=O)CC1C3. The fourth-order valence-corrected chi connectivity index (χ4v) is 3.48. The number of allylic oxidation sites excluding steroid dienone is 4. The van der Waals surface area contributed by atoms with Crippen LogP contribution in [0, 0.1) is 11.3 Å². The van der Waals surface area contributed by atoms with Crippen LogP contribution in [0.5, 0.6) is 0 Å². The quantitative estimate of drug-likeness (QED) is 0.534. The van der Waals surface area contributed by atoms with Gasteiger partial charge in [0.2, 0.25) is 0 Å². The molecule has 1 heteroatoms. The van der Waals surface area contributed by atoms with Crippen molar-refractivity contribution >= 4 is 5.78 Å². The molecule has 14 heavy (non-hydrogen) atoms. The standard InChI is InChI=1S/C13H16O/c1-9-4-6-13-5-2-3-11(13)12(14)7-10(9)8-13/h3-4,10H,2,5-8H2,1H3. The monoisotopic (exact) mass is 188 g/mol. The van der Waals surface area contributed by atoms with E-state index in [-0.39, 0.29) is 5.41 Å². The smallest absolute Gasteiger partial charge is 0.159 e. The summed E-state index contributed by atoms with van der Waals surface area (Å²) in [5, 5.41) is 0. The summed E-state index contributed by atoms with van der Waals surface area (Å²) in [5.74, 6) is 0.998. The third-order valence-electron chi connectivity index (χ3n) is 4.37. The molecule has 2 atom stereocenters. The Kier molecular flexibility index (Phi) is 1.56. The molecule has 3 aliphatic rings. The van der Waals surface area contributed by atoms with Crippen LogP contribution in [-0.2, 0) is 4.79 Å². The molecular formula is C13H16O. The van der Waals surface area contributed by atoms with Crippen LogP contribution in [0.2, 0.25) is 0 Å². The van der Waals surface area contributed by atoms with Crippen LogP contribution in [0.4, 0.5) is 0 Å². The minimum absolute atomic E-state index is 0.277. The molecule has 0 aromatic rings. The van der Waals surface area contributed by atoms with Gasteiger partial charge >= 0.3 is 0 Å². The van der Waals surface area contributed by atoms with Gasteiger partial charge in [-0.3, -0.25) is 4.79 Å². The molecule has 0 heterocycles. The molecule has 3 rings (SSSR count). The second kappa shape index (κ2) is 2.59. The molecule has 0 radical (unpaired) electrons. The van der Waals surface area contributed by atoms with E-state index in [1.54, 1.807) is 0 Å². The molecule has 3 aliphatic carbocycles. The number of Topliss-reactive ketones (excluding diaryl/α,β-unsaturated/α-hetero) is 1. The van der Waals surface area contributed by atoms with E-state index < -0.39 is 0 Å². The highest BCUT2D eigenvalue weighted by atomic mass is 16.1. The van der Waals surface area contributed by atoms with E-state index in [4.69, 9.17) is 0 Å². The van der Waals surface area contributed by atoms with Gasteiger partial charge in [0.25, 0.3) is 0 Å². The summed E-state index contributed by atoms with van der Waals surface area (Å²) in [4.78, 5) is 11.9. The zero-order valence-electron chi connectivity index (χ0n) is 8.68. The average Bonchev–Trinajstić information content (AvgIpc) is 2.57. The minimum Gasteiger partial charge on any atom is -0.295 e. The number of hydrogen-bond donors (Lipinski definition) is 0. The van der Waals surface area contributed by atoms with E-state index >= 15 is 0 Å². The Labute approximate surface area is 84.9 Å². The third-order valence-corrected chi connectivity index (χ3v) is 4.37. The topological polar surface area (TPSA) is 17.1 Å². The van der Waals surface area contributed by atoms with Crippen LogP contribution >= 0.6 is 0 Å². The van der Waals surface area contributed by atoms with E-state index in [1.807, 2.05) is 0 Å². The minimum atomic E-state index is 0.277. The van der Waals surface area contributed by atoms with Crippen LogP contribution in [-0.4, -0.2) is 5.78 Å². The van der Waals surface area contributed by atoms with Crippen LogP contribution in [0.1, 0.15) is 39.0 Å². The Morgan fingerprint density at radius 2 is 2.29 bits per heavy atom. The van der Waals surface area contributed by atoms with Gasteiger partial charge in [0.05, 0.1) is 0 Å². The molecule has 0 N–H and O–H groups in total. The number of rotatable bonds is 0. The van der Waals surface area contributed by atoms with Crippen LogP contribution in [0.15, 0.2) is 23.3 Å². The fourth-order valence-electron chi connectivity index (χ4n) is 3.48. The lowest BCUT2D eigenvalue weighted by atomic mass is 9.60. The summed E-state index contributed by atoms with van der Waals surface area (Å²) in [6.07, 6.45) is 10.1. The number of ketones is 1. The second-order valence-electron chi connectivity index (χ2n) is 5.12. The first kappa shape index (κ1) is 8.46. The Bertz CT molecular complexity index is 361. The highest BCUT2D eigenvalue weighted by Crippen LogP contribution is 2.55. The van der Waals surface area contributed by atoms with Crippen molar-refractivity contribution in [3.05, 3.63) is 23.3 Å². The maximum Gasteiger partial charge on any atom is 0.159 e. The Morgan fingerprint density at radius 3 is 3.14 bits per heavy atom. The van der Waals surface area contributed by atoms with Crippen molar-refractivity contribution in [3.8, 4) is 0 Å². The normalized spacial score (nSPS) is 40.4. The van der Waals surface area contributed by atoms with Gasteiger partial charge in [0, 0.05) is 11.8 Å². The highest BCUT2D eigenvalue weighted by molar-refractivity contribution is 5.98. The summed E-state index contributed by atoms with van der Waals surface area (Å²) in [5.41, 5.74) is 2.91.